The molecule has 0 amide bonds. The first-order chi connectivity index (χ1) is 6.35. The summed E-state index contributed by atoms with van der Waals surface area (Å²) in [4.78, 5) is 19.7. The summed E-state index contributed by atoms with van der Waals surface area (Å²) in [5.74, 6) is 0. The quantitative estimate of drug-likeness (QED) is 0.402. The van der Waals surface area contributed by atoms with Crippen molar-refractivity contribution in [2.24, 2.45) is 0 Å². The van der Waals surface area contributed by atoms with E-state index in [0.717, 1.165) is 6.42 Å². The van der Waals surface area contributed by atoms with Gasteiger partial charge in [-0.15, -0.1) is 0 Å². The Morgan fingerprint density at radius 1 is 1.36 bits per heavy atom. The molecule has 0 spiro atoms. The second kappa shape index (κ2) is 5.82. The second-order valence-corrected chi connectivity index (χ2v) is 3.93. The maximum atomic E-state index is 10.8. The molecule has 0 radical (unpaired) electrons. The van der Waals surface area contributed by atoms with Crippen LogP contribution in [0.5, 0.6) is 0 Å². The molecule has 84 valence electrons. The average molecular weight is 206 g/mol. The van der Waals surface area contributed by atoms with E-state index >= 15 is 0 Å². The highest BCUT2D eigenvalue weighted by Crippen LogP contribution is 2.08. The van der Waals surface area contributed by atoms with Crippen LogP contribution in [0.2, 0.25) is 0 Å². The summed E-state index contributed by atoms with van der Waals surface area (Å²) in [6.45, 7) is 8.93. The van der Waals surface area contributed by atoms with Crippen LogP contribution in [0.15, 0.2) is 0 Å². The zero-order valence-corrected chi connectivity index (χ0v) is 9.33. The average Bonchev–Trinajstić information content (AvgIpc) is 2.01. The summed E-state index contributed by atoms with van der Waals surface area (Å²) in [5.41, 5.74) is -0.531. The Morgan fingerprint density at radius 2 is 1.93 bits per heavy atom. The highest BCUT2D eigenvalue weighted by atomic mass is 17.5. The van der Waals surface area contributed by atoms with Gasteiger partial charge in [-0.3, -0.25) is 0 Å². The molecule has 0 aromatic carbocycles. The van der Waals surface area contributed by atoms with Crippen molar-refractivity contribution < 1.29 is 24.3 Å². The van der Waals surface area contributed by atoms with Gasteiger partial charge in [0.1, 0.15) is 6.10 Å². The van der Waals surface area contributed by atoms with Gasteiger partial charge in [0.25, 0.3) is 0 Å². The van der Waals surface area contributed by atoms with Crippen molar-refractivity contribution >= 4 is 6.16 Å². The Balaban J connectivity index is 3.55. The number of ether oxygens (including phenoxy) is 1. The van der Waals surface area contributed by atoms with Crippen LogP contribution < -0.4 is 0 Å². The molecule has 0 fully saturated rings. The smallest absolute Gasteiger partial charge is 0.429 e. The molecule has 0 rings (SSSR count). The Kier molecular flexibility index (Phi) is 5.49. The second-order valence-electron chi connectivity index (χ2n) is 3.93. The number of rotatable bonds is 4. The maximum absolute atomic E-state index is 10.8. The van der Waals surface area contributed by atoms with Gasteiger partial charge in [-0.1, -0.05) is 6.92 Å². The third-order valence-corrected chi connectivity index (χ3v) is 1.26. The predicted molar refractivity (Wildman–Crippen MR) is 49.2 cm³/mol. The molecular weight excluding hydrogens is 188 g/mol. The molecule has 0 bridgehead atoms. The molecule has 0 aromatic heterocycles. The van der Waals surface area contributed by atoms with E-state index in [2.05, 4.69) is 9.93 Å². The van der Waals surface area contributed by atoms with Crippen molar-refractivity contribution in [2.75, 3.05) is 0 Å². The molecule has 5 nitrogen and oxygen atoms in total. The Labute approximate surface area is 84.1 Å². The van der Waals surface area contributed by atoms with Gasteiger partial charge in [0.15, 0.2) is 0 Å². The van der Waals surface area contributed by atoms with Crippen LogP contribution in [0.1, 0.15) is 41.0 Å². The van der Waals surface area contributed by atoms with Gasteiger partial charge in [0.05, 0.1) is 5.60 Å². The molecule has 14 heavy (non-hydrogen) atoms. The summed E-state index contributed by atoms with van der Waals surface area (Å²) in [5, 5.41) is 4.23. The van der Waals surface area contributed by atoms with E-state index in [0.29, 0.717) is 0 Å². The maximum Gasteiger partial charge on any atom is 0.542 e. The summed E-state index contributed by atoms with van der Waals surface area (Å²) >= 11 is 0. The fraction of sp³-hybridized carbons (Fsp3) is 0.889. The lowest BCUT2D eigenvalue weighted by Gasteiger charge is -2.15. The molecule has 0 aliphatic heterocycles. The van der Waals surface area contributed by atoms with E-state index in [1.807, 2.05) is 6.92 Å². The van der Waals surface area contributed by atoms with Gasteiger partial charge in [-0.2, -0.15) is 4.89 Å². The number of hydrogen-bond acceptors (Lipinski definition) is 5. The Bertz CT molecular complexity index is 173. The van der Waals surface area contributed by atoms with E-state index in [4.69, 9.17) is 9.62 Å². The topological polar surface area (TPSA) is 54.0 Å². The molecule has 5 heteroatoms. The standard InChI is InChI=1S/C9H18O5/c1-6-7(2)11-8(10)12-14-13-9(3,4)5/h7H,6H2,1-5H3. The summed E-state index contributed by atoms with van der Waals surface area (Å²) in [7, 11) is 0. The summed E-state index contributed by atoms with van der Waals surface area (Å²) in [6, 6.07) is 0. The van der Waals surface area contributed by atoms with Crippen LogP contribution in [-0.2, 0) is 19.6 Å². The van der Waals surface area contributed by atoms with Crippen molar-refractivity contribution in [3.63, 3.8) is 0 Å². The Hall–Kier alpha value is -0.810. The molecule has 1 atom stereocenters. The van der Waals surface area contributed by atoms with Crippen molar-refractivity contribution in [2.45, 2.75) is 52.7 Å². The monoisotopic (exact) mass is 206 g/mol. The molecular formula is C9H18O5. The third-order valence-electron chi connectivity index (χ3n) is 1.26. The lowest BCUT2D eigenvalue weighted by atomic mass is 10.2. The lowest BCUT2D eigenvalue weighted by molar-refractivity contribution is -0.515. The van der Waals surface area contributed by atoms with Crippen LogP contribution in [0.3, 0.4) is 0 Å². The van der Waals surface area contributed by atoms with Crippen LogP contribution in [-0.4, -0.2) is 17.9 Å². The third kappa shape index (κ3) is 7.82. The van der Waals surface area contributed by atoms with Crippen LogP contribution in [0, 0.1) is 0 Å². The number of hydrogen-bond donors (Lipinski definition) is 0. The minimum atomic E-state index is -0.899. The molecule has 0 heterocycles. The van der Waals surface area contributed by atoms with Gasteiger partial charge < -0.3 is 4.74 Å². The van der Waals surface area contributed by atoms with Crippen molar-refractivity contribution in [1.29, 1.82) is 0 Å². The van der Waals surface area contributed by atoms with E-state index in [-0.39, 0.29) is 6.10 Å². The minimum absolute atomic E-state index is 0.194. The predicted octanol–water partition coefficient (Wildman–Crippen LogP) is 2.60. The highest BCUT2D eigenvalue weighted by molar-refractivity contribution is 5.59. The van der Waals surface area contributed by atoms with Gasteiger partial charge in [0, 0.05) is 0 Å². The minimum Gasteiger partial charge on any atom is -0.429 e. The SMILES string of the molecule is CCC(C)OC(=O)OOOC(C)(C)C. The molecule has 1 unspecified atom stereocenters. The molecule has 0 aromatic rings. The number of carbonyl (C=O) groups excluding carboxylic acids is 1. The molecule has 0 saturated heterocycles. The lowest BCUT2D eigenvalue weighted by Crippen LogP contribution is -2.22. The highest BCUT2D eigenvalue weighted by Gasteiger charge is 2.15. The number of carbonyl (C=O) groups is 1. The van der Waals surface area contributed by atoms with Crippen LogP contribution >= 0.6 is 0 Å². The van der Waals surface area contributed by atoms with E-state index < -0.39 is 11.8 Å². The zero-order chi connectivity index (χ0) is 11.2. The summed E-state index contributed by atoms with van der Waals surface area (Å²) < 4.78 is 4.75. The first-order valence-electron chi connectivity index (χ1n) is 4.58. The van der Waals surface area contributed by atoms with Crippen molar-refractivity contribution in [3.8, 4) is 0 Å². The first kappa shape index (κ1) is 13.2. The van der Waals surface area contributed by atoms with Gasteiger partial charge >= 0.3 is 6.16 Å². The summed E-state index contributed by atoms with van der Waals surface area (Å²) in [6.07, 6.45) is -0.376. The molecule has 0 aliphatic rings. The molecule has 0 N–H and O–H groups in total. The largest absolute Gasteiger partial charge is 0.542 e. The van der Waals surface area contributed by atoms with E-state index in [1.54, 1.807) is 27.7 Å². The van der Waals surface area contributed by atoms with Crippen molar-refractivity contribution in [3.05, 3.63) is 0 Å². The van der Waals surface area contributed by atoms with Crippen LogP contribution in [0.4, 0.5) is 4.79 Å². The van der Waals surface area contributed by atoms with Crippen molar-refractivity contribution in [1.82, 2.24) is 0 Å². The zero-order valence-electron chi connectivity index (χ0n) is 9.33. The van der Waals surface area contributed by atoms with E-state index in [1.165, 1.54) is 0 Å². The fourth-order valence-corrected chi connectivity index (χ4v) is 0.414. The Morgan fingerprint density at radius 3 is 2.36 bits per heavy atom. The first-order valence-corrected chi connectivity index (χ1v) is 4.58. The molecule has 0 saturated carbocycles. The fourth-order valence-electron chi connectivity index (χ4n) is 0.414. The van der Waals surface area contributed by atoms with E-state index in [9.17, 15) is 4.79 Å². The van der Waals surface area contributed by atoms with Gasteiger partial charge in [-0.05, 0) is 39.2 Å². The normalized spacial score (nSPS) is 13.5. The molecule has 0 aliphatic carbocycles. The van der Waals surface area contributed by atoms with Gasteiger partial charge in [0.2, 0.25) is 0 Å². The van der Waals surface area contributed by atoms with Gasteiger partial charge in [-0.25, -0.2) is 9.68 Å². The van der Waals surface area contributed by atoms with Crippen LogP contribution in [0.25, 0.3) is 0 Å².